The Hall–Kier alpha value is -1.62. The molecule has 5 heteroatoms. The van der Waals surface area contributed by atoms with Gasteiger partial charge in [-0.15, -0.1) is 0 Å². The maximum Gasteiger partial charge on any atom is 0.251 e. The highest BCUT2D eigenvalue weighted by atomic mass is 16.2. The van der Waals surface area contributed by atoms with Gasteiger partial charge in [0.15, 0.2) is 0 Å². The molecule has 0 unspecified atom stereocenters. The summed E-state index contributed by atoms with van der Waals surface area (Å²) in [5.74, 6) is -0.489. The molecular formula is C8H11N3O2. The molecule has 0 aromatic carbocycles. The van der Waals surface area contributed by atoms with Crippen molar-refractivity contribution in [1.29, 1.82) is 0 Å². The van der Waals surface area contributed by atoms with E-state index in [9.17, 15) is 4.79 Å². The second-order valence-electron chi connectivity index (χ2n) is 2.47. The van der Waals surface area contributed by atoms with Gasteiger partial charge in [-0.25, -0.2) is 0 Å². The fraction of sp³-hybridized carbons (Fsp3) is 0.250. The zero-order chi connectivity index (χ0) is 9.68. The van der Waals surface area contributed by atoms with Gasteiger partial charge < -0.3 is 10.8 Å². The quantitative estimate of drug-likeness (QED) is 0.616. The molecule has 0 saturated carbocycles. The van der Waals surface area contributed by atoms with Gasteiger partial charge in [0.2, 0.25) is 0 Å². The second-order valence-corrected chi connectivity index (χ2v) is 2.47. The van der Waals surface area contributed by atoms with Crippen LogP contribution in [0.1, 0.15) is 10.4 Å². The first kappa shape index (κ1) is 9.47. The van der Waals surface area contributed by atoms with E-state index in [1.54, 1.807) is 23.0 Å². The summed E-state index contributed by atoms with van der Waals surface area (Å²) in [7, 11) is 0. The van der Waals surface area contributed by atoms with Crippen LogP contribution in [0.25, 0.3) is 0 Å². The van der Waals surface area contributed by atoms with Gasteiger partial charge in [-0.2, -0.15) is 5.10 Å². The predicted octanol–water partition coefficient (Wildman–Crippen LogP) is -0.470. The maximum atomic E-state index is 10.7. The van der Waals surface area contributed by atoms with Crippen molar-refractivity contribution in [3.05, 3.63) is 30.1 Å². The van der Waals surface area contributed by atoms with E-state index in [2.05, 4.69) is 5.10 Å². The Morgan fingerprint density at radius 2 is 2.46 bits per heavy atom. The van der Waals surface area contributed by atoms with Crippen LogP contribution in [-0.2, 0) is 6.54 Å². The fourth-order valence-electron chi connectivity index (χ4n) is 0.848. The van der Waals surface area contributed by atoms with Crippen molar-refractivity contribution in [3.63, 3.8) is 0 Å². The Kier molecular flexibility index (Phi) is 3.22. The number of hydrogen-bond acceptors (Lipinski definition) is 3. The highest BCUT2D eigenvalue weighted by molar-refractivity contribution is 5.92. The molecule has 0 atom stereocenters. The molecule has 13 heavy (non-hydrogen) atoms. The smallest absolute Gasteiger partial charge is 0.251 e. The van der Waals surface area contributed by atoms with E-state index in [0.29, 0.717) is 12.1 Å². The number of carbonyl (C=O) groups excluding carboxylic acids is 1. The maximum absolute atomic E-state index is 10.7. The Balaban J connectivity index is 2.59. The van der Waals surface area contributed by atoms with E-state index in [4.69, 9.17) is 10.8 Å². The largest absolute Gasteiger partial charge is 0.392 e. The summed E-state index contributed by atoms with van der Waals surface area (Å²) in [6.45, 7) is 0.526. The van der Waals surface area contributed by atoms with Crippen LogP contribution in [0.15, 0.2) is 24.5 Å². The van der Waals surface area contributed by atoms with Crippen LogP contribution >= 0.6 is 0 Å². The van der Waals surface area contributed by atoms with Crippen LogP contribution in [0.4, 0.5) is 0 Å². The number of rotatable bonds is 4. The molecule has 1 rings (SSSR count). The summed E-state index contributed by atoms with van der Waals surface area (Å²) in [4.78, 5) is 10.7. The Labute approximate surface area is 75.5 Å². The molecule has 0 saturated heterocycles. The minimum absolute atomic E-state index is 0.00391. The molecule has 0 spiro atoms. The fourth-order valence-corrected chi connectivity index (χ4v) is 0.848. The first-order chi connectivity index (χ1) is 6.24. The number of carbonyl (C=O) groups is 1. The standard InChI is InChI=1S/C8H11N3O2/c9-8(13)7-5-10-11(6-7)3-1-2-4-12/h1-2,5-6,12H,3-4H2,(H2,9,13)/b2-1-. The third-order valence-corrected chi connectivity index (χ3v) is 1.48. The van der Waals surface area contributed by atoms with Crippen molar-refractivity contribution in [3.8, 4) is 0 Å². The Morgan fingerprint density at radius 3 is 3.00 bits per heavy atom. The molecule has 5 nitrogen and oxygen atoms in total. The van der Waals surface area contributed by atoms with Gasteiger partial charge in [0.1, 0.15) is 0 Å². The van der Waals surface area contributed by atoms with Crippen molar-refractivity contribution in [2.45, 2.75) is 6.54 Å². The molecule has 3 N–H and O–H groups in total. The summed E-state index contributed by atoms with van der Waals surface area (Å²) in [5, 5.41) is 12.3. The number of amides is 1. The molecule has 1 heterocycles. The summed E-state index contributed by atoms with van der Waals surface area (Å²) in [5.41, 5.74) is 5.42. The van der Waals surface area contributed by atoms with E-state index in [1.165, 1.54) is 6.20 Å². The van der Waals surface area contributed by atoms with Crippen LogP contribution in [0.2, 0.25) is 0 Å². The van der Waals surface area contributed by atoms with Crippen molar-refractivity contribution < 1.29 is 9.90 Å². The van der Waals surface area contributed by atoms with Crippen LogP contribution in [0.5, 0.6) is 0 Å². The Morgan fingerprint density at radius 1 is 1.69 bits per heavy atom. The lowest BCUT2D eigenvalue weighted by Gasteiger charge is -1.92. The van der Waals surface area contributed by atoms with E-state index in [0.717, 1.165) is 0 Å². The summed E-state index contributed by atoms with van der Waals surface area (Å²) in [6.07, 6.45) is 6.32. The molecule has 0 fully saturated rings. The molecular weight excluding hydrogens is 170 g/mol. The highest BCUT2D eigenvalue weighted by Crippen LogP contribution is 1.95. The molecule has 1 amide bonds. The van der Waals surface area contributed by atoms with Crippen molar-refractivity contribution >= 4 is 5.91 Å². The van der Waals surface area contributed by atoms with Crippen LogP contribution in [0, 0.1) is 0 Å². The van der Waals surface area contributed by atoms with E-state index in [-0.39, 0.29) is 6.61 Å². The number of nitrogens with zero attached hydrogens (tertiary/aromatic N) is 2. The predicted molar refractivity (Wildman–Crippen MR) is 47.0 cm³/mol. The van der Waals surface area contributed by atoms with Crippen molar-refractivity contribution in [2.24, 2.45) is 5.73 Å². The Bertz CT molecular complexity index is 317. The number of aliphatic hydroxyl groups is 1. The molecule has 0 aliphatic rings. The molecule has 0 aliphatic heterocycles. The third kappa shape index (κ3) is 2.72. The van der Waals surface area contributed by atoms with Crippen LogP contribution < -0.4 is 5.73 Å². The molecule has 70 valence electrons. The van der Waals surface area contributed by atoms with Gasteiger partial charge in [0.25, 0.3) is 5.91 Å². The molecule has 0 bridgehead atoms. The normalized spacial score (nSPS) is 10.8. The van der Waals surface area contributed by atoms with E-state index in [1.807, 2.05) is 0 Å². The van der Waals surface area contributed by atoms with E-state index >= 15 is 0 Å². The zero-order valence-electron chi connectivity index (χ0n) is 7.05. The van der Waals surface area contributed by atoms with Gasteiger partial charge >= 0.3 is 0 Å². The van der Waals surface area contributed by atoms with E-state index < -0.39 is 5.91 Å². The lowest BCUT2D eigenvalue weighted by atomic mass is 10.3. The highest BCUT2D eigenvalue weighted by Gasteiger charge is 2.01. The molecule has 0 aliphatic carbocycles. The number of hydrogen-bond donors (Lipinski definition) is 2. The average Bonchev–Trinajstić information content (AvgIpc) is 2.53. The number of aliphatic hydroxyl groups excluding tert-OH is 1. The van der Waals surface area contributed by atoms with Crippen molar-refractivity contribution in [1.82, 2.24) is 9.78 Å². The summed E-state index contributed by atoms with van der Waals surface area (Å²) >= 11 is 0. The topological polar surface area (TPSA) is 81.1 Å². The number of allylic oxidation sites excluding steroid dienone is 1. The van der Waals surface area contributed by atoms with Gasteiger partial charge in [0.05, 0.1) is 24.9 Å². The first-order valence-corrected chi connectivity index (χ1v) is 3.82. The SMILES string of the molecule is NC(=O)c1cnn(C/C=C\CO)c1. The van der Waals surface area contributed by atoms with Gasteiger partial charge in [0, 0.05) is 6.20 Å². The monoisotopic (exact) mass is 181 g/mol. The average molecular weight is 181 g/mol. The molecule has 0 radical (unpaired) electrons. The van der Waals surface area contributed by atoms with Crippen molar-refractivity contribution in [2.75, 3.05) is 6.61 Å². The zero-order valence-corrected chi connectivity index (χ0v) is 7.05. The minimum atomic E-state index is -0.489. The lowest BCUT2D eigenvalue weighted by Crippen LogP contribution is -2.09. The summed E-state index contributed by atoms with van der Waals surface area (Å²) in [6, 6.07) is 0. The minimum Gasteiger partial charge on any atom is -0.392 e. The number of nitrogens with two attached hydrogens (primary N) is 1. The second kappa shape index (κ2) is 4.42. The van der Waals surface area contributed by atoms with Gasteiger partial charge in [-0.05, 0) is 0 Å². The van der Waals surface area contributed by atoms with Crippen LogP contribution in [0.3, 0.4) is 0 Å². The summed E-state index contributed by atoms with van der Waals surface area (Å²) < 4.78 is 1.56. The van der Waals surface area contributed by atoms with Gasteiger partial charge in [-0.1, -0.05) is 12.2 Å². The number of aromatic nitrogens is 2. The van der Waals surface area contributed by atoms with Gasteiger partial charge in [-0.3, -0.25) is 9.48 Å². The third-order valence-electron chi connectivity index (χ3n) is 1.48. The lowest BCUT2D eigenvalue weighted by molar-refractivity contribution is 0.1000. The number of primary amides is 1. The molecule has 1 aromatic heterocycles. The first-order valence-electron chi connectivity index (χ1n) is 3.82. The molecule has 1 aromatic rings. The van der Waals surface area contributed by atoms with Crippen LogP contribution in [-0.4, -0.2) is 27.4 Å².